The molecule has 0 bridgehead atoms. The van der Waals surface area contributed by atoms with Gasteiger partial charge in [0.15, 0.2) is 11.5 Å². The van der Waals surface area contributed by atoms with Crippen molar-refractivity contribution in [3.05, 3.63) is 23.5 Å². The molecule has 5 rings (SSSR count). The monoisotopic (exact) mass is 510 g/mol. The Morgan fingerprint density at radius 3 is 2.30 bits per heavy atom. The number of Topliss-reactive ketones (excluding diaryl/α,β-unsaturated/α-hetero) is 1. The molecule has 37 heavy (non-hydrogen) atoms. The average molecular weight is 511 g/mol. The molecule has 1 N–H and O–H groups in total. The van der Waals surface area contributed by atoms with E-state index in [4.69, 9.17) is 4.74 Å². The van der Waals surface area contributed by atoms with Crippen molar-refractivity contribution in [2.45, 2.75) is 100 Å². The van der Waals surface area contributed by atoms with Gasteiger partial charge in [0, 0.05) is 16.7 Å². The number of fused-ring (bicyclic) bond motifs is 7. The zero-order valence-electron chi connectivity index (χ0n) is 24.1. The highest BCUT2D eigenvalue weighted by atomic mass is 16.5. The molecule has 0 spiro atoms. The van der Waals surface area contributed by atoms with Crippen LogP contribution < -0.4 is 0 Å². The van der Waals surface area contributed by atoms with Gasteiger partial charge >= 0.3 is 5.97 Å². The Morgan fingerprint density at radius 2 is 1.65 bits per heavy atom. The van der Waals surface area contributed by atoms with Crippen LogP contribution in [0.5, 0.6) is 0 Å². The van der Waals surface area contributed by atoms with Gasteiger partial charge < -0.3 is 9.84 Å². The molecule has 0 radical (unpaired) electrons. The van der Waals surface area contributed by atoms with Crippen LogP contribution in [0.3, 0.4) is 0 Å². The molecule has 204 valence electrons. The lowest BCUT2D eigenvalue weighted by atomic mass is 9.34. The molecule has 5 heteroatoms. The van der Waals surface area contributed by atoms with Crippen molar-refractivity contribution in [2.75, 3.05) is 6.61 Å². The highest BCUT2D eigenvalue weighted by Gasteiger charge is 2.70. The maximum absolute atomic E-state index is 14.3. The summed E-state index contributed by atoms with van der Waals surface area (Å²) < 4.78 is 5.51. The normalized spacial score (nSPS) is 48.5. The molecule has 0 heterocycles. The number of esters is 1. The van der Waals surface area contributed by atoms with Crippen LogP contribution in [0.4, 0.5) is 0 Å². The second-order valence-corrected chi connectivity index (χ2v) is 14.9. The van der Waals surface area contributed by atoms with Gasteiger partial charge in [0.1, 0.15) is 0 Å². The van der Waals surface area contributed by atoms with E-state index in [1.807, 2.05) is 33.8 Å². The van der Waals surface area contributed by atoms with E-state index in [0.717, 1.165) is 44.9 Å². The Hall–Kier alpha value is -1.91. The van der Waals surface area contributed by atoms with Gasteiger partial charge in [0.2, 0.25) is 5.78 Å². The lowest BCUT2D eigenvalue weighted by Crippen LogP contribution is -2.65. The highest BCUT2D eigenvalue weighted by molar-refractivity contribution is 6.00. The van der Waals surface area contributed by atoms with Gasteiger partial charge in [-0.05, 0) is 99.0 Å². The van der Waals surface area contributed by atoms with Gasteiger partial charge in [-0.25, -0.2) is 0 Å². The van der Waals surface area contributed by atoms with Crippen molar-refractivity contribution in [3.63, 3.8) is 0 Å². The fourth-order valence-corrected chi connectivity index (χ4v) is 10.2. The molecule has 0 amide bonds. The molecule has 0 aromatic heterocycles. The minimum Gasteiger partial charge on any atom is -0.505 e. The average Bonchev–Trinajstić information content (AvgIpc) is 2.80. The number of carbonyl (C=O) groups is 3. The summed E-state index contributed by atoms with van der Waals surface area (Å²) in [4.78, 5) is 40.3. The fraction of sp³-hybridized carbons (Fsp3) is 0.781. The van der Waals surface area contributed by atoms with Crippen LogP contribution in [-0.4, -0.2) is 29.2 Å². The predicted octanol–water partition coefficient (Wildman–Crippen LogP) is 6.76. The first kappa shape index (κ1) is 26.7. The number of hydrogen-bond donors (Lipinski definition) is 1. The van der Waals surface area contributed by atoms with Crippen molar-refractivity contribution in [3.8, 4) is 0 Å². The number of aliphatic hydroxyl groups excluding tert-OH is 1. The van der Waals surface area contributed by atoms with Crippen LogP contribution in [0, 0.1) is 50.2 Å². The number of carbonyl (C=O) groups excluding carboxylic acids is 3. The summed E-state index contributed by atoms with van der Waals surface area (Å²) in [7, 11) is 0. The zero-order valence-corrected chi connectivity index (χ0v) is 24.1. The van der Waals surface area contributed by atoms with Crippen LogP contribution in [0.25, 0.3) is 0 Å². The van der Waals surface area contributed by atoms with Gasteiger partial charge in [-0.1, -0.05) is 47.1 Å². The summed E-state index contributed by atoms with van der Waals surface area (Å²) in [5.41, 5.74) is -1.02. The molecule has 3 fully saturated rings. The molecule has 5 aliphatic carbocycles. The quantitative estimate of drug-likeness (QED) is 0.415. The number of rotatable bonds is 2. The molecular formula is C32H46O5. The van der Waals surface area contributed by atoms with E-state index >= 15 is 0 Å². The number of ketones is 2. The van der Waals surface area contributed by atoms with Crippen molar-refractivity contribution in [1.82, 2.24) is 0 Å². The Balaban J connectivity index is 1.63. The third-order valence-electron chi connectivity index (χ3n) is 12.7. The van der Waals surface area contributed by atoms with Crippen LogP contribution in [0.1, 0.15) is 100 Å². The van der Waals surface area contributed by atoms with Crippen LogP contribution in [-0.2, 0) is 19.1 Å². The second-order valence-electron chi connectivity index (χ2n) is 14.9. The molecule has 8 atom stereocenters. The first-order valence-electron chi connectivity index (χ1n) is 14.4. The first-order chi connectivity index (χ1) is 17.0. The third kappa shape index (κ3) is 3.24. The maximum Gasteiger partial charge on any atom is 0.311 e. The fourth-order valence-electron chi connectivity index (χ4n) is 10.2. The van der Waals surface area contributed by atoms with E-state index in [-0.39, 0.29) is 57.3 Å². The number of aliphatic hydroxyl groups is 1. The van der Waals surface area contributed by atoms with E-state index in [9.17, 15) is 19.5 Å². The summed E-state index contributed by atoms with van der Waals surface area (Å²) >= 11 is 0. The van der Waals surface area contributed by atoms with Crippen LogP contribution in [0.15, 0.2) is 23.5 Å². The Kier molecular flexibility index (Phi) is 5.64. The number of allylic oxidation sites excluding steroid dienone is 4. The number of ether oxygens (including phenoxy) is 1. The molecule has 0 aliphatic heterocycles. The number of hydrogen-bond acceptors (Lipinski definition) is 5. The zero-order chi connectivity index (χ0) is 27.4. The Morgan fingerprint density at radius 1 is 1.00 bits per heavy atom. The van der Waals surface area contributed by atoms with Crippen molar-refractivity contribution >= 4 is 17.5 Å². The third-order valence-corrected chi connectivity index (χ3v) is 12.7. The lowest BCUT2D eigenvalue weighted by Gasteiger charge is -2.69. The van der Waals surface area contributed by atoms with E-state index in [2.05, 4.69) is 27.7 Å². The molecule has 5 nitrogen and oxygen atoms in total. The van der Waals surface area contributed by atoms with Gasteiger partial charge in [-0.2, -0.15) is 0 Å². The summed E-state index contributed by atoms with van der Waals surface area (Å²) in [5.74, 6) is -0.517. The SMILES string of the molecule is CCOC(=O)[C@@]1(C)CC[C@]2(C)CC[C@]3(C)C(=CC(=O)C4[C@@]5(C)C=C(O)C(=O)C(C)(C)C5CC[C@]43C)[C@@H]2C1. The lowest BCUT2D eigenvalue weighted by molar-refractivity contribution is -0.174. The minimum atomic E-state index is -0.712. The molecule has 0 aromatic carbocycles. The predicted molar refractivity (Wildman–Crippen MR) is 143 cm³/mol. The van der Waals surface area contributed by atoms with Crippen molar-refractivity contribution in [1.29, 1.82) is 0 Å². The van der Waals surface area contributed by atoms with Crippen molar-refractivity contribution in [2.24, 2.45) is 50.2 Å². The standard InChI is InChI=1S/C32H46O5/c1-9-37-26(36)29(5)13-12-28(4)14-15-31(7)19(20(28)17-29)16-21(33)24-30(6)18-22(34)25(35)27(2,3)23(30)10-11-32(24,31)8/h16,18,20,23-24,34H,9-15,17H2,1-8H3/t20-,23?,24?,28+,29-,30-,31+,32+/m0/s1. The molecule has 5 aliphatic rings. The van der Waals surface area contributed by atoms with Gasteiger partial charge in [0.05, 0.1) is 12.0 Å². The largest absolute Gasteiger partial charge is 0.505 e. The van der Waals surface area contributed by atoms with Gasteiger partial charge in [0.25, 0.3) is 0 Å². The molecule has 0 saturated heterocycles. The van der Waals surface area contributed by atoms with E-state index in [1.165, 1.54) is 5.57 Å². The Labute approximate surface area is 222 Å². The Bertz CT molecular complexity index is 1130. The highest BCUT2D eigenvalue weighted by Crippen LogP contribution is 2.74. The molecular weight excluding hydrogens is 464 g/mol. The smallest absolute Gasteiger partial charge is 0.311 e. The van der Waals surface area contributed by atoms with Crippen LogP contribution in [0.2, 0.25) is 0 Å². The van der Waals surface area contributed by atoms with E-state index < -0.39 is 16.2 Å². The van der Waals surface area contributed by atoms with Crippen LogP contribution >= 0.6 is 0 Å². The summed E-state index contributed by atoms with van der Waals surface area (Å²) in [6.45, 7) is 17.3. The minimum absolute atomic E-state index is 0.000354. The van der Waals surface area contributed by atoms with Crippen molar-refractivity contribution < 1.29 is 24.2 Å². The van der Waals surface area contributed by atoms with E-state index in [0.29, 0.717) is 6.61 Å². The maximum atomic E-state index is 14.3. The first-order valence-corrected chi connectivity index (χ1v) is 14.4. The molecule has 2 unspecified atom stereocenters. The van der Waals surface area contributed by atoms with Gasteiger partial charge in [-0.15, -0.1) is 0 Å². The second kappa shape index (κ2) is 7.82. The topological polar surface area (TPSA) is 80.7 Å². The summed E-state index contributed by atoms with van der Waals surface area (Å²) in [5, 5.41) is 10.8. The molecule has 3 saturated carbocycles. The summed E-state index contributed by atoms with van der Waals surface area (Å²) in [6.07, 6.45) is 10.0. The summed E-state index contributed by atoms with van der Waals surface area (Å²) in [6, 6.07) is 0. The van der Waals surface area contributed by atoms with Gasteiger partial charge in [-0.3, -0.25) is 14.4 Å². The molecule has 0 aromatic rings. The van der Waals surface area contributed by atoms with E-state index in [1.54, 1.807) is 6.08 Å².